The second kappa shape index (κ2) is 8.49. The molecule has 1 aromatic heterocycles. The first kappa shape index (κ1) is 19.2. The van der Waals surface area contributed by atoms with Crippen LogP contribution < -0.4 is 15.8 Å². The zero-order valence-electron chi connectivity index (χ0n) is 16.5. The molecule has 1 heterocycles. The molecule has 3 aromatic rings. The van der Waals surface area contributed by atoms with Crippen LogP contribution in [-0.2, 0) is 6.54 Å². The minimum absolute atomic E-state index is 0.0164. The summed E-state index contributed by atoms with van der Waals surface area (Å²) in [6.45, 7) is 1.08. The molecule has 1 atom stereocenters. The Hall–Kier alpha value is -3.12. The highest BCUT2D eigenvalue weighted by Gasteiger charge is 2.29. The number of benzene rings is 2. The summed E-state index contributed by atoms with van der Waals surface area (Å²) in [6.07, 6.45) is 4.12. The molecule has 0 spiro atoms. The monoisotopic (exact) mass is 390 g/mol. The maximum Gasteiger partial charge on any atom is 0.255 e. The fourth-order valence-corrected chi connectivity index (χ4v) is 3.40. The van der Waals surface area contributed by atoms with Gasteiger partial charge in [-0.1, -0.05) is 30.3 Å². The van der Waals surface area contributed by atoms with E-state index in [1.54, 1.807) is 7.11 Å². The fourth-order valence-electron chi connectivity index (χ4n) is 3.40. The van der Waals surface area contributed by atoms with Crippen molar-refractivity contribution in [3.8, 4) is 17.0 Å². The van der Waals surface area contributed by atoms with Crippen molar-refractivity contribution >= 4 is 5.91 Å². The van der Waals surface area contributed by atoms with Crippen molar-refractivity contribution in [2.75, 3.05) is 13.7 Å². The molecule has 6 heteroatoms. The van der Waals surface area contributed by atoms with E-state index in [0.29, 0.717) is 30.3 Å². The second-order valence-corrected chi connectivity index (χ2v) is 7.51. The summed E-state index contributed by atoms with van der Waals surface area (Å²) in [7, 11) is 1.63. The van der Waals surface area contributed by atoms with Gasteiger partial charge in [-0.2, -0.15) is 5.10 Å². The van der Waals surface area contributed by atoms with E-state index in [2.05, 4.69) is 5.32 Å². The lowest BCUT2D eigenvalue weighted by Crippen LogP contribution is -2.38. The quantitative estimate of drug-likeness (QED) is 0.619. The first-order chi connectivity index (χ1) is 14.1. The average Bonchev–Trinajstić information content (AvgIpc) is 3.53. The Labute approximate surface area is 170 Å². The van der Waals surface area contributed by atoms with Gasteiger partial charge in [-0.3, -0.25) is 9.48 Å². The number of aromatic nitrogens is 2. The molecule has 1 saturated carbocycles. The highest BCUT2D eigenvalue weighted by molar-refractivity contribution is 5.99. The summed E-state index contributed by atoms with van der Waals surface area (Å²) in [6, 6.07) is 17.7. The summed E-state index contributed by atoms with van der Waals surface area (Å²) in [5, 5.41) is 7.70. The summed E-state index contributed by atoms with van der Waals surface area (Å²) in [4.78, 5) is 12.9. The number of carbonyl (C=O) groups excluding carboxylic acids is 1. The molecule has 0 saturated heterocycles. The maximum atomic E-state index is 12.9. The largest absolute Gasteiger partial charge is 0.497 e. The average molecular weight is 390 g/mol. The van der Waals surface area contributed by atoms with Crippen LogP contribution in [0.15, 0.2) is 60.8 Å². The van der Waals surface area contributed by atoms with Crippen LogP contribution in [0.2, 0.25) is 0 Å². The van der Waals surface area contributed by atoms with Crippen molar-refractivity contribution in [3.05, 3.63) is 71.9 Å². The highest BCUT2D eigenvalue weighted by atomic mass is 16.5. The number of carbonyl (C=O) groups is 1. The number of rotatable bonds is 8. The number of nitrogens with two attached hydrogens (primary N) is 1. The van der Waals surface area contributed by atoms with Gasteiger partial charge in [0.1, 0.15) is 11.4 Å². The van der Waals surface area contributed by atoms with Crippen molar-refractivity contribution in [3.63, 3.8) is 0 Å². The molecule has 4 rings (SSSR count). The minimum atomic E-state index is -0.147. The van der Waals surface area contributed by atoms with E-state index < -0.39 is 0 Å². The first-order valence-corrected chi connectivity index (χ1v) is 9.93. The van der Waals surface area contributed by atoms with Gasteiger partial charge in [0.25, 0.3) is 5.91 Å². The standard InChI is InChI=1S/C23H26N4O2/c1-29-19-11-9-18(10-12-19)22-20(23(28)25-13-21(24)17-7-8-17)15-27(26-22)14-16-5-3-2-4-6-16/h2-6,9-12,15,17,21H,7-8,13-14,24H2,1H3,(H,25,28). The van der Waals surface area contributed by atoms with E-state index in [4.69, 9.17) is 15.6 Å². The lowest BCUT2D eigenvalue weighted by molar-refractivity contribution is 0.0951. The molecule has 0 aliphatic heterocycles. The van der Waals surface area contributed by atoms with Gasteiger partial charge in [0, 0.05) is 24.3 Å². The molecule has 1 aliphatic carbocycles. The van der Waals surface area contributed by atoms with Gasteiger partial charge in [-0.15, -0.1) is 0 Å². The van der Waals surface area contributed by atoms with Crippen LogP contribution in [0.1, 0.15) is 28.8 Å². The van der Waals surface area contributed by atoms with Gasteiger partial charge in [0.15, 0.2) is 0 Å². The summed E-state index contributed by atoms with van der Waals surface area (Å²) in [5.74, 6) is 1.15. The van der Waals surface area contributed by atoms with Crippen molar-refractivity contribution in [2.24, 2.45) is 11.7 Å². The van der Waals surface area contributed by atoms with Gasteiger partial charge >= 0.3 is 0 Å². The lowest BCUT2D eigenvalue weighted by atomic mass is 10.1. The summed E-state index contributed by atoms with van der Waals surface area (Å²) >= 11 is 0. The van der Waals surface area contributed by atoms with Crippen molar-refractivity contribution < 1.29 is 9.53 Å². The van der Waals surface area contributed by atoms with Crippen molar-refractivity contribution in [1.29, 1.82) is 0 Å². The van der Waals surface area contributed by atoms with E-state index in [-0.39, 0.29) is 11.9 Å². The number of ether oxygens (including phenoxy) is 1. The Bertz CT molecular complexity index is 962. The molecule has 6 nitrogen and oxygen atoms in total. The number of amides is 1. The molecule has 29 heavy (non-hydrogen) atoms. The predicted octanol–water partition coefficient (Wildman–Crippen LogP) is 3.07. The van der Waals surface area contributed by atoms with Crippen LogP contribution in [0, 0.1) is 5.92 Å². The minimum Gasteiger partial charge on any atom is -0.497 e. The second-order valence-electron chi connectivity index (χ2n) is 7.51. The zero-order chi connectivity index (χ0) is 20.2. The van der Waals surface area contributed by atoms with Gasteiger partial charge in [-0.05, 0) is 48.6 Å². The van der Waals surface area contributed by atoms with Crippen molar-refractivity contribution in [1.82, 2.24) is 15.1 Å². The zero-order valence-corrected chi connectivity index (χ0v) is 16.5. The van der Waals surface area contributed by atoms with E-state index in [1.165, 1.54) is 0 Å². The number of nitrogens with zero attached hydrogens (tertiary/aromatic N) is 2. The van der Waals surface area contributed by atoms with Gasteiger partial charge < -0.3 is 15.8 Å². The first-order valence-electron chi connectivity index (χ1n) is 9.93. The Morgan fingerprint density at radius 1 is 1.21 bits per heavy atom. The predicted molar refractivity (Wildman–Crippen MR) is 113 cm³/mol. The number of nitrogens with one attached hydrogen (secondary N) is 1. The Kier molecular flexibility index (Phi) is 5.62. The van der Waals surface area contributed by atoms with Gasteiger partial charge in [0.2, 0.25) is 0 Å². The lowest BCUT2D eigenvalue weighted by Gasteiger charge is -2.11. The van der Waals surface area contributed by atoms with Crippen molar-refractivity contribution in [2.45, 2.75) is 25.4 Å². The van der Waals surface area contributed by atoms with Gasteiger partial charge in [-0.25, -0.2) is 0 Å². The Balaban J connectivity index is 1.60. The molecule has 1 amide bonds. The Morgan fingerprint density at radius 2 is 1.93 bits per heavy atom. The molecule has 2 aromatic carbocycles. The molecule has 150 valence electrons. The fraction of sp³-hybridized carbons (Fsp3) is 0.304. The van der Waals surface area contributed by atoms with Crippen LogP contribution >= 0.6 is 0 Å². The number of hydrogen-bond donors (Lipinski definition) is 2. The van der Waals surface area contributed by atoms with E-state index in [9.17, 15) is 4.79 Å². The SMILES string of the molecule is COc1ccc(-c2nn(Cc3ccccc3)cc2C(=O)NCC(N)C2CC2)cc1. The third kappa shape index (κ3) is 4.66. The normalized spacial score (nSPS) is 14.4. The third-order valence-electron chi connectivity index (χ3n) is 5.28. The summed E-state index contributed by atoms with van der Waals surface area (Å²) in [5.41, 5.74) is 9.34. The van der Waals surface area contributed by atoms with Crippen LogP contribution in [0.5, 0.6) is 5.75 Å². The molecule has 0 bridgehead atoms. The van der Waals surface area contributed by atoms with Crippen LogP contribution in [0.4, 0.5) is 0 Å². The topological polar surface area (TPSA) is 82.2 Å². The highest BCUT2D eigenvalue weighted by Crippen LogP contribution is 2.31. The van der Waals surface area contributed by atoms with E-state index in [1.807, 2.05) is 65.5 Å². The smallest absolute Gasteiger partial charge is 0.255 e. The molecule has 0 radical (unpaired) electrons. The number of hydrogen-bond acceptors (Lipinski definition) is 4. The van der Waals surface area contributed by atoms with Gasteiger partial charge in [0.05, 0.1) is 19.2 Å². The molecule has 3 N–H and O–H groups in total. The van der Waals surface area contributed by atoms with Crippen LogP contribution in [-0.4, -0.2) is 35.4 Å². The molecular weight excluding hydrogens is 364 g/mol. The third-order valence-corrected chi connectivity index (χ3v) is 5.28. The van der Waals surface area contributed by atoms with Crippen LogP contribution in [0.25, 0.3) is 11.3 Å². The maximum absolute atomic E-state index is 12.9. The summed E-state index contributed by atoms with van der Waals surface area (Å²) < 4.78 is 7.05. The van der Waals surface area contributed by atoms with E-state index in [0.717, 1.165) is 29.7 Å². The molecule has 1 fully saturated rings. The van der Waals surface area contributed by atoms with E-state index >= 15 is 0 Å². The molecule has 1 unspecified atom stereocenters. The van der Waals surface area contributed by atoms with Crippen LogP contribution in [0.3, 0.4) is 0 Å². The molecular formula is C23H26N4O2. The number of methoxy groups -OCH3 is 1. The Morgan fingerprint density at radius 3 is 2.59 bits per heavy atom. The molecule has 1 aliphatic rings.